The molecule has 1 unspecified atom stereocenters. The Morgan fingerprint density at radius 2 is 2.03 bits per heavy atom. The highest BCUT2D eigenvalue weighted by Crippen LogP contribution is 2.30. The number of hydrogen-bond acceptors (Lipinski definition) is 8. The van der Waals surface area contributed by atoms with Crippen LogP contribution in [0.3, 0.4) is 0 Å². The Hall–Kier alpha value is -3.95. The molecule has 1 amide bonds. The number of aliphatic hydroxyl groups excluding tert-OH is 1. The van der Waals surface area contributed by atoms with Gasteiger partial charge < -0.3 is 19.9 Å². The Kier molecular flexibility index (Phi) is 7.14. The highest BCUT2D eigenvalue weighted by atomic mass is 19.4. The van der Waals surface area contributed by atoms with Gasteiger partial charge in [0.05, 0.1) is 12.8 Å². The van der Waals surface area contributed by atoms with Gasteiger partial charge in [-0.1, -0.05) is 0 Å². The van der Waals surface area contributed by atoms with Gasteiger partial charge in [-0.15, -0.1) is 10.2 Å². The van der Waals surface area contributed by atoms with Gasteiger partial charge in [0.2, 0.25) is 5.88 Å². The number of ether oxygens (including phenoxy) is 2. The van der Waals surface area contributed by atoms with Crippen molar-refractivity contribution in [2.75, 3.05) is 12.4 Å². The van der Waals surface area contributed by atoms with Crippen LogP contribution in [0.15, 0.2) is 10.9 Å². The van der Waals surface area contributed by atoms with Gasteiger partial charge >= 0.3 is 11.9 Å². The first-order valence-corrected chi connectivity index (χ1v) is 10.1. The monoisotopic (exact) mass is 503 g/mol. The molecule has 3 N–H and O–H groups in total. The van der Waals surface area contributed by atoms with Crippen molar-refractivity contribution in [3.8, 4) is 17.6 Å². The number of H-pyrrole nitrogens is 1. The lowest BCUT2D eigenvalue weighted by Gasteiger charge is -2.19. The Morgan fingerprint density at radius 1 is 1.34 bits per heavy atom. The second kappa shape index (κ2) is 9.73. The largest absolute Gasteiger partial charge is 0.478 e. The number of methoxy groups -OCH3 is 1. The number of aromatic nitrogens is 6. The zero-order chi connectivity index (χ0) is 26.1. The number of aliphatic hydroxyl groups is 1. The highest BCUT2D eigenvalue weighted by molar-refractivity contribution is 6.06. The number of nitrogens with one attached hydrogen (secondary N) is 2. The van der Waals surface area contributed by atoms with E-state index in [0.29, 0.717) is 23.4 Å². The predicted molar refractivity (Wildman–Crippen MR) is 111 cm³/mol. The Labute approximate surface area is 194 Å². The molecule has 12 nitrogen and oxygen atoms in total. The van der Waals surface area contributed by atoms with Gasteiger partial charge in [-0.2, -0.15) is 22.8 Å². The summed E-state index contributed by atoms with van der Waals surface area (Å²) >= 11 is 0. The van der Waals surface area contributed by atoms with E-state index in [4.69, 9.17) is 9.47 Å². The maximum Gasteiger partial charge on any atom is 0.425 e. The van der Waals surface area contributed by atoms with E-state index in [2.05, 4.69) is 25.6 Å². The van der Waals surface area contributed by atoms with Crippen molar-refractivity contribution in [1.82, 2.24) is 29.5 Å². The third-order valence-corrected chi connectivity index (χ3v) is 4.86. The molecule has 0 fully saturated rings. The van der Waals surface area contributed by atoms with E-state index in [1.807, 2.05) is 0 Å². The minimum Gasteiger partial charge on any atom is -0.478 e. The zero-order valence-corrected chi connectivity index (χ0v) is 18.9. The molecular weight excluding hydrogens is 482 g/mol. The normalized spacial score (nSPS) is 12.5. The molecule has 190 valence electrons. The molecule has 35 heavy (non-hydrogen) atoms. The van der Waals surface area contributed by atoms with Gasteiger partial charge in [0.25, 0.3) is 11.8 Å². The second-order valence-corrected chi connectivity index (χ2v) is 7.15. The van der Waals surface area contributed by atoms with Gasteiger partial charge in [-0.05, 0) is 26.8 Å². The molecule has 0 saturated heterocycles. The van der Waals surface area contributed by atoms with Crippen molar-refractivity contribution < 1.29 is 36.9 Å². The smallest absolute Gasteiger partial charge is 0.425 e. The molecule has 1 atom stereocenters. The standard InChI is InChI=1S/C19H21F4N7O5/c1-5-29-12(7-31)28-30(18(29)33)14-11(20)6-10(16(25-14)35-9(3)19(21,22)23)15(32)24-13-8(2)26-27-17(13)34-4/h6,9,31H,5,7H2,1-4H3,(H,24,32)(H,26,27). The highest BCUT2D eigenvalue weighted by Gasteiger charge is 2.39. The lowest BCUT2D eigenvalue weighted by molar-refractivity contribution is -0.190. The zero-order valence-electron chi connectivity index (χ0n) is 18.9. The average molecular weight is 503 g/mol. The van der Waals surface area contributed by atoms with E-state index >= 15 is 4.39 Å². The van der Waals surface area contributed by atoms with Gasteiger partial charge in [0.15, 0.2) is 23.6 Å². The molecule has 3 aromatic heterocycles. The van der Waals surface area contributed by atoms with E-state index in [9.17, 15) is 27.9 Å². The summed E-state index contributed by atoms with van der Waals surface area (Å²) in [7, 11) is 1.27. The van der Waals surface area contributed by atoms with Gasteiger partial charge in [0.1, 0.15) is 17.9 Å². The van der Waals surface area contributed by atoms with Crippen molar-refractivity contribution in [1.29, 1.82) is 0 Å². The molecule has 3 aromatic rings. The number of anilines is 1. The van der Waals surface area contributed by atoms with Crippen LogP contribution in [0.4, 0.5) is 23.2 Å². The number of carbonyl (C=O) groups excluding carboxylic acids is 1. The van der Waals surface area contributed by atoms with Crippen LogP contribution >= 0.6 is 0 Å². The molecule has 0 aliphatic carbocycles. The van der Waals surface area contributed by atoms with Gasteiger partial charge in [-0.3, -0.25) is 14.5 Å². The summed E-state index contributed by atoms with van der Waals surface area (Å²) in [6.45, 7) is 3.16. The molecule has 0 spiro atoms. The number of alkyl halides is 3. The lowest BCUT2D eigenvalue weighted by atomic mass is 10.2. The summed E-state index contributed by atoms with van der Waals surface area (Å²) in [6, 6.07) is 0.564. The quantitative estimate of drug-likeness (QED) is 0.394. The molecule has 0 aromatic carbocycles. The third-order valence-electron chi connectivity index (χ3n) is 4.86. The predicted octanol–water partition coefficient (Wildman–Crippen LogP) is 1.70. The van der Waals surface area contributed by atoms with Crippen LogP contribution < -0.4 is 20.5 Å². The third kappa shape index (κ3) is 4.96. The van der Waals surface area contributed by atoms with Crippen molar-refractivity contribution in [3.05, 3.63) is 39.4 Å². The molecule has 3 heterocycles. The van der Waals surface area contributed by atoms with E-state index in [-0.39, 0.29) is 23.9 Å². The summed E-state index contributed by atoms with van der Waals surface area (Å²) in [5.74, 6) is -4.24. The number of hydrogen-bond donors (Lipinski definition) is 3. The summed E-state index contributed by atoms with van der Waals surface area (Å²) in [4.78, 5) is 29.2. The van der Waals surface area contributed by atoms with Crippen LogP contribution in [0.2, 0.25) is 0 Å². The first-order valence-electron chi connectivity index (χ1n) is 10.1. The molecule has 0 saturated carbocycles. The molecule has 3 rings (SSSR count). The molecule has 0 aliphatic rings. The van der Waals surface area contributed by atoms with Crippen LogP contribution in [0.5, 0.6) is 11.8 Å². The fraction of sp³-hybridized carbons (Fsp3) is 0.421. The minimum atomic E-state index is -4.85. The summed E-state index contributed by atoms with van der Waals surface area (Å²) in [6.07, 6.45) is -7.29. The Bertz CT molecular complexity index is 1300. The summed E-state index contributed by atoms with van der Waals surface area (Å²) in [5.41, 5.74) is -1.20. The molecule has 0 radical (unpaired) electrons. The molecular formula is C19H21F4N7O5. The van der Waals surface area contributed by atoms with Crippen LogP contribution in [-0.4, -0.2) is 59.9 Å². The number of nitrogens with zero attached hydrogens (tertiary/aromatic N) is 5. The van der Waals surface area contributed by atoms with Crippen molar-refractivity contribution in [2.24, 2.45) is 0 Å². The molecule has 16 heteroatoms. The minimum absolute atomic E-state index is 0.0276. The molecule has 0 bridgehead atoms. The summed E-state index contributed by atoms with van der Waals surface area (Å²) in [5, 5.41) is 21.9. The SMILES string of the molecule is CCn1c(CO)nn(-c2nc(OC(C)C(F)(F)F)c(C(=O)Nc3c(OC)n[nH]c3C)cc2F)c1=O. The van der Waals surface area contributed by atoms with Gasteiger partial charge in [0, 0.05) is 6.54 Å². The number of aryl methyl sites for hydroxylation is 1. The summed E-state index contributed by atoms with van der Waals surface area (Å²) < 4.78 is 65.9. The van der Waals surface area contributed by atoms with E-state index in [0.717, 1.165) is 4.57 Å². The van der Waals surface area contributed by atoms with Crippen LogP contribution in [-0.2, 0) is 13.2 Å². The Morgan fingerprint density at radius 3 is 2.57 bits per heavy atom. The number of amides is 1. The maximum atomic E-state index is 15.0. The van der Waals surface area contributed by atoms with Crippen LogP contribution in [0, 0.1) is 12.7 Å². The molecule has 0 aliphatic heterocycles. The van der Waals surface area contributed by atoms with Crippen LogP contribution in [0.1, 0.15) is 35.7 Å². The van der Waals surface area contributed by atoms with Crippen LogP contribution in [0.25, 0.3) is 5.82 Å². The van der Waals surface area contributed by atoms with E-state index in [1.165, 1.54) is 14.0 Å². The fourth-order valence-corrected chi connectivity index (χ4v) is 2.99. The number of aromatic amines is 1. The first-order chi connectivity index (χ1) is 16.4. The number of pyridine rings is 1. The lowest BCUT2D eigenvalue weighted by Crippen LogP contribution is -2.33. The van der Waals surface area contributed by atoms with Crippen molar-refractivity contribution in [2.45, 2.75) is 46.2 Å². The first kappa shape index (κ1) is 25.7. The van der Waals surface area contributed by atoms with E-state index < -0.39 is 53.6 Å². The van der Waals surface area contributed by atoms with Crippen molar-refractivity contribution in [3.63, 3.8) is 0 Å². The van der Waals surface area contributed by atoms with Gasteiger partial charge in [-0.25, -0.2) is 9.18 Å². The number of halogens is 4. The van der Waals surface area contributed by atoms with Crippen molar-refractivity contribution >= 4 is 11.6 Å². The topological polar surface area (TPSA) is 149 Å². The second-order valence-electron chi connectivity index (χ2n) is 7.15. The number of rotatable bonds is 8. The Balaban J connectivity index is 2.15. The number of carbonyl (C=O) groups is 1. The fourth-order valence-electron chi connectivity index (χ4n) is 2.99. The maximum absolute atomic E-state index is 15.0. The average Bonchev–Trinajstić information content (AvgIpc) is 3.32. The van der Waals surface area contributed by atoms with E-state index in [1.54, 1.807) is 6.92 Å².